The van der Waals surface area contributed by atoms with Gasteiger partial charge in [0.15, 0.2) is 11.5 Å². The van der Waals surface area contributed by atoms with E-state index in [1.165, 1.54) is 0 Å². The van der Waals surface area contributed by atoms with Crippen molar-refractivity contribution in [1.82, 2.24) is 10.2 Å². The Bertz CT molecular complexity index is 933. The van der Waals surface area contributed by atoms with Crippen LogP contribution in [0.25, 0.3) is 0 Å². The molecule has 0 spiro atoms. The van der Waals surface area contributed by atoms with Crippen LogP contribution in [0.3, 0.4) is 0 Å². The van der Waals surface area contributed by atoms with Gasteiger partial charge >= 0.3 is 0 Å². The summed E-state index contributed by atoms with van der Waals surface area (Å²) in [5, 5.41) is 3.10. The third-order valence-electron chi connectivity index (χ3n) is 6.12. The van der Waals surface area contributed by atoms with Crippen LogP contribution in [0.5, 0.6) is 11.5 Å². The maximum absolute atomic E-state index is 12.7. The SMILES string of the molecule is Cc1ccc(C(=O)N2CCC(CC(=O)N[C@@H](C)c3ccc4c(c3)OCCO4)CC2)cc1. The lowest BCUT2D eigenvalue weighted by molar-refractivity contribution is -0.122. The summed E-state index contributed by atoms with van der Waals surface area (Å²) in [6.45, 7) is 6.49. The van der Waals surface area contributed by atoms with Crippen LogP contribution in [-0.4, -0.2) is 43.0 Å². The molecule has 2 heterocycles. The standard InChI is InChI=1S/C25H30N2O4/c1-17-3-5-20(6-4-17)25(29)27-11-9-19(10-12-27)15-24(28)26-18(2)21-7-8-22-23(16-21)31-14-13-30-22/h3-8,16,18-19H,9-15H2,1-2H3,(H,26,28)/t18-/m0/s1. The molecule has 0 unspecified atom stereocenters. The third-order valence-corrected chi connectivity index (χ3v) is 6.12. The summed E-state index contributed by atoms with van der Waals surface area (Å²) >= 11 is 0. The highest BCUT2D eigenvalue weighted by atomic mass is 16.6. The summed E-state index contributed by atoms with van der Waals surface area (Å²) in [7, 11) is 0. The lowest BCUT2D eigenvalue weighted by Crippen LogP contribution is -2.39. The molecule has 2 aromatic rings. The largest absolute Gasteiger partial charge is 0.486 e. The van der Waals surface area contributed by atoms with Gasteiger partial charge in [0, 0.05) is 25.1 Å². The Labute approximate surface area is 183 Å². The predicted molar refractivity (Wildman–Crippen MR) is 118 cm³/mol. The molecule has 1 fully saturated rings. The van der Waals surface area contributed by atoms with Crippen molar-refractivity contribution >= 4 is 11.8 Å². The summed E-state index contributed by atoms with van der Waals surface area (Å²) in [5.41, 5.74) is 2.87. The number of rotatable bonds is 5. The van der Waals surface area contributed by atoms with Gasteiger partial charge in [-0.05, 0) is 62.4 Å². The van der Waals surface area contributed by atoms with E-state index in [-0.39, 0.29) is 17.9 Å². The Morgan fingerprint density at radius 1 is 1.03 bits per heavy atom. The Morgan fingerprint density at radius 2 is 1.71 bits per heavy atom. The Balaban J connectivity index is 1.25. The van der Waals surface area contributed by atoms with Crippen LogP contribution in [0.15, 0.2) is 42.5 Å². The molecule has 0 aliphatic carbocycles. The van der Waals surface area contributed by atoms with E-state index in [1.807, 2.05) is 61.2 Å². The third kappa shape index (κ3) is 5.19. The lowest BCUT2D eigenvalue weighted by atomic mass is 9.92. The lowest BCUT2D eigenvalue weighted by Gasteiger charge is -2.32. The van der Waals surface area contributed by atoms with E-state index in [4.69, 9.17) is 9.47 Å². The monoisotopic (exact) mass is 422 g/mol. The van der Waals surface area contributed by atoms with Gasteiger partial charge in [-0.2, -0.15) is 0 Å². The number of benzene rings is 2. The zero-order valence-electron chi connectivity index (χ0n) is 18.2. The second-order valence-electron chi connectivity index (χ2n) is 8.50. The fraction of sp³-hybridized carbons (Fsp3) is 0.440. The number of hydrogen-bond donors (Lipinski definition) is 1. The zero-order chi connectivity index (χ0) is 21.8. The molecule has 1 atom stereocenters. The summed E-state index contributed by atoms with van der Waals surface area (Å²) in [6, 6.07) is 13.4. The topological polar surface area (TPSA) is 67.9 Å². The van der Waals surface area contributed by atoms with Crippen LogP contribution in [0.2, 0.25) is 0 Å². The number of carbonyl (C=O) groups is 2. The zero-order valence-corrected chi connectivity index (χ0v) is 18.2. The number of likely N-dealkylation sites (tertiary alicyclic amines) is 1. The molecule has 2 aliphatic heterocycles. The van der Waals surface area contributed by atoms with Gasteiger partial charge in [0.25, 0.3) is 5.91 Å². The van der Waals surface area contributed by atoms with E-state index >= 15 is 0 Å². The Morgan fingerprint density at radius 3 is 2.42 bits per heavy atom. The summed E-state index contributed by atoms with van der Waals surface area (Å²) in [6.07, 6.45) is 2.19. The quantitative estimate of drug-likeness (QED) is 0.794. The van der Waals surface area contributed by atoms with E-state index in [0.717, 1.165) is 41.0 Å². The van der Waals surface area contributed by atoms with E-state index in [9.17, 15) is 9.59 Å². The van der Waals surface area contributed by atoms with E-state index in [1.54, 1.807) is 0 Å². The first-order chi connectivity index (χ1) is 15.0. The highest BCUT2D eigenvalue weighted by molar-refractivity contribution is 5.94. The first-order valence-electron chi connectivity index (χ1n) is 11.0. The van der Waals surface area contributed by atoms with Crippen molar-refractivity contribution in [2.75, 3.05) is 26.3 Å². The fourth-order valence-corrected chi connectivity index (χ4v) is 4.19. The Hall–Kier alpha value is -3.02. The number of ether oxygens (including phenoxy) is 2. The predicted octanol–water partition coefficient (Wildman–Crippen LogP) is 3.89. The van der Waals surface area contributed by atoms with Gasteiger partial charge in [0.2, 0.25) is 5.91 Å². The highest BCUT2D eigenvalue weighted by Crippen LogP contribution is 2.32. The number of fused-ring (bicyclic) bond motifs is 1. The highest BCUT2D eigenvalue weighted by Gasteiger charge is 2.25. The van der Waals surface area contributed by atoms with Crippen LogP contribution >= 0.6 is 0 Å². The number of nitrogens with one attached hydrogen (secondary N) is 1. The smallest absolute Gasteiger partial charge is 0.253 e. The molecule has 2 amide bonds. The van der Waals surface area contributed by atoms with E-state index < -0.39 is 0 Å². The van der Waals surface area contributed by atoms with Crippen LogP contribution in [-0.2, 0) is 4.79 Å². The van der Waals surface area contributed by atoms with Gasteiger partial charge in [-0.3, -0.25) is 9.59 Å². The van der Waals surface area contributed by atoms with Crippen LogP contribution in [0.4, 0.5) is 0 Å². The molecular formula is C25H30N2O4. The molecule has 0 saturated carbocycles. The fourth-order valence-electron chi connectivity index (χ4n) is 4.19. The molecule has 4 rings (SSSR count). The van der Waals surface area contributed by atoms with Crippen LogP contribution < -0.4 is 14.8 Å². The molecule has 164 valence electrons. The van der Waals surface area contributed by atoms with E-state index in [0.29, 0.717) is 38.6 Å². The normalized spacial score (nSPS) is 17.2. The summed E-state index contributed by atoms with van der Waals surface area (Å²) in [5.74, 6) is 1.91. The number of hydrogen-bond acceptors (Lipinski definition) is 4. The molecule has 6 heteroatoms. The number of carbonyl (C=O) groups excluding carboxylic acids is 2. The minimum atomic E-state index is -0.105. The number of aryl methyl sites for hydroxylation is 1. The maximum Gasteiger partial charge on any atom is 0.253 e. The molecule has 0 radical (unpaired) electrons. The van der Waals surface area contributed by atoms with Crippen molar-refractivity contribution < 1.29 is 19.1 Å². The van der Waals surface area contributed by atoms with Crippen molar-refractivity contribution in [3.63, 3.8) is 0 Å². The van der Waals surface area contributed by atoms with Gasteiger partial charge in [-0.25, -0.2) is 0 Å². The van der Waals surface area contributed by atoms with Gasteiger partial charge in [-0.1, -0.05) is 23.8 Å². The van der Waals surface area contributed by atoms with Gasteiger partial charge < -0.3 is 19.7 Å². The van der Waals surface area contributed by atoms with Crippen molar-refractivity contribution in [3.8, 4) is 11.5 Å². The summed E-state index contributed by atoms with van der Waals surface area (Å²) in [4.78, 5) is 27.2. The van der Waals surface area contributed by atoms with Gasteiger partial charge in [0.05, 0.1) is 6.04 Å². The molecule has 1 N–H and O–H groups in total. The molecule has 0 aromatic heterocycles. The van der Waals surface area contributed by atoms with Crippen molar-refractivity contribution in [3.05, 3.63) is 59.2 Å². The average Bonchev–Trinajstić information content (AvgIpc) is 2.79. The Kier molecular flexibility index (Phi) is 6.44. The molecule has 6 nitrogen and oxygen atoms in total. The van der Waals surface area contributed by atoms with Crippen molar-refractivity contribution in [2.45, 2.75) is 39.2 Å². The molecule has 31 heavy (non-hydrogen) atoms. The first-order valence-corrected chi connectivity index (χ1v) is 11.0. The molecular weight excluding hydrogens is 392 g/mol. The molecule has 1 saturated heterocycles. The summed E-state index contributed by atoms with van der Waals surface area (Å²) < 4.78 is 11.2. The van der Waals surface area contributed by atoms with Gasteiger partial charge in [0.1, 0.15) is 13.2 Å². The second kappa shape index (κ2) is 9.41. The first kappa shape index (κ1) is 21.2. The minimum absolute atomic E-state index is 0.0469. The number of piperidine rings is 1. The second-order valence-corrected chi connectivity index (χ2v) is 8.50. The van der Waals surface area contributed by atoms with E-state index in [2.05, 4.69) is 5.32 Å². The molecule has 2 aromatic carbocycles. The van der Waals surface area contributed by atoms with Crippen molar-refractivity contribution in [1.29, 1.82) is 0 Å². The van der Waals surface area contributed by atoms with Gasteiger partial charge in [-0.15, -0.1) is 0 Å². The van der Waals surface area contributed by atoms with Crippen molar-refractivity contribution in [2.24, 2.45) is 5.92 Å². The minimum Gasteiger partial charge on any atom is -0.486 e. The maximum atomic E-state index is 12.7. The number of nitrogens with zero attached hydrogens (tertiary/aromatic N) is 1. The molecule has 2 aliphatic rings. The molecule has 0 bridgehead atoms. The van der Waals surface area contributed by atoms with Crippen LogP contribution in [0, 0.1) is 12.8 Å². The average molecular weight is 423 g/mol. The van der Waals surface area contributed by atoms with Crippen LogP contribution in [0.1, 0.15) is 53.7 Å². The number of amides is 2.